The molecule has 2 aromatic rings. The maximum absolute atomic E-state index is 12.8. The Morgan fingerprint density at radius 1 is 1.22 bits per heavy atom. The van der Waals surface area contributed by atoms with Crippen LogP contribution in [0.25, 0.3) is 0 Å². The van der Waals surface area contributed by atoms with Gasteiger partial charge in [-0.1, -0.05) is 42.5 Å². The van der Waals surface area contributed by atoms with Crippen molar-refractivity contribution < 1.29 is 14.6 Å². The molecule has 0 aromatic heterocycles. The summed E-state index contributed by atoms with van der Waals surface area (Å²) in [7, 11) is 0. The molecule has 5 nitrogen and oxygen atoms in total. The molecular formula is C22H28N2O3. The topological polar surface area (TPSA) is 75.8 Å². The third-order valence-electron chi connectivity index (χ3n) is 4.77. The van der Waals surface area contributed by atoms with Gasteiger partial charge in [-0.2, -0.15) is 0 Å². The van der Waals surface area contributed by atoms with Crippen molar-refractivity contribution in [2.45, 2.75) is 50.9 Å². The minimum Gasteiger partial charge on any atom is -0.444 e. The summed E-state index contributed by atoms with van der Waals surface area (Å²) in [6.45, 7) is 6.01. The molecule has 3 rings (SSSR count). The standard InChI is InChI=1S/C22H28N2O3/c1-21(2,3)27-20(25)24(13-12-16-8-5-4-6-9-16)19-15-22(19,26)17-10-7-11-18(23)14-17/h4-11,14,19,26H,12-13,15,23H2,1-3H3. The van der Waals surface area contributed by atoms with E-state index in [1.807, 2.05) is 63.2 Å². The molecule has 1 aliphatic carbocycles. The molecule has 0 heterocycles. The van der Waals surface area contributed by atoms with Crippen molar-refractivity contribution in [2.75, 3.05) is 12.3 Å². The maximum atomic E-state index is 12.8. The summed E-state index contributed by atoms with van der Waals surface area (Å²) in [6.07, 6.45) is 0.775. The van der Waals surface area contributed by atoms with Crippen LogP contribution in [0.4, 0.5) is 10.5 Å². The molecular weight excluding hydrogens is 340 g/mol. The summed E-state index contributed by atoms with van der Waals surface area (Å²) in [5.74, 6) is 0. The Hall–Kier alpha value is -2.53. The molecule has 0 bridgehead atoms. The number of carbonyl (C=O) groups excluding carboxylic acids is 1. The Balaban J connectivity index is 1.78. The van der Waals surface area contributed by atoms with Crippen molar-refractivity contribution in [1.82, 2.24) is 4.90 Å². The molecule has 1 aliphatic rings. The van der Waals surface area contributed by atoms with Crippen LogP contribution in [-0.4, -0.2) is 34.3 Å². The van der Waals surface area contributed by atoms with Crippen LogP contribution in [-0.2, 0) is 16.8 Å². The quantitative estimate of drug-likeness (QED) is 0.789. The number of amides is 1. The van der Waals surface area contributed by atoms with E-state index in [1.165, 1.54) is 0 Å². The lowest BCUT2D eigenvalue weighted by Gasteiger charge is -2.29. The molecule has 3 N–H and O–H groups in total. The van der Waals surface area contributed by atoms with Gasteiger partial charge in [-0.25, -0.2) is 4.79 Å². The summed E-state index contributed by atoms with van der Waals surface area (Å²) in [4.78, 5) is 14.5. The molecule has 2 unspecified atom stereocenters. The maximum Gasteiger partial charge on any atom is 0.410 e. The fourth-order valence-corrected chi connectivity index (χ4v) is 3.31. The third kappa shape index (κ3) is 4.61. The number of ether oxygens (including phenoxy) is 1. The summed E-state index contributed by atoms with van der Waals surface area (Å²) in [5, 5.41) is 11.1. The Labute approximate surface area is 160 Å². The van der Waals surface area contributed by atoms with Crippen molar-refractivity contribution in [1.29, 1.82) is 0 Å². The van der Waals surface area contributed by atoms with Crippen LogP contribution in [0.15, 0.2) is 54.6 Å². The van der Waals surface area contributed by atoms with E-state index in [4.69, 9.17) is 10.5 Å². The van der Waals surface area contributed by atoms with Crippen LogP contribution in [0.5, 0.6) is 0 Å². The predicted molar refractivity (Wildman–Crippen MR) is 106 cm³/mol. The Kier molecular flexibility index (Phi) is 5.16. The number of carbonyl (C=O) groups is 1. The van der Waals surface area contributed by atoms with Crippen LogP contribution < -0.4 is 5.73 Å². The number of nitrogens with zero attached hydrogens (tertiary/aromatic N) is 1. The van der Waals surface area contributed by atoms with Gasteiger partial charge in [0.25, 0.3) is 0 Å². The van der Waals surface area contributed by atoms with Crippen molar-refractivity contribution >= 4 is 11.8 Å². The second kappa shape index (κ2) is 7.24. The number of nitrogen functional groups attached to an aromatic ring is 1. The van der Waals surface area contributed by atoms with Crippen LogP contribution in [0.1, 0.15) is 38.3 Å². The average molecular weight is 368 g/mol. The van der Waals surface area contributed by atoms with Crippen molar-refractivity contribution in [2.24, 2.45) is 0 Å². The first-order chi connectivity index (χ1) is 12.7. The van der Waals surface area contributed by atoms with E-state index >= 15 is 0 Å². The normalized spacial score (nSPS) is 21.6. The smallest absolute Gasteiger partial charge is 0.410 e. The number of hydrogen-bond acceptors (Lipinski definition) is 4. The lowest BCUT2D eigenvalue weighted by molar-refractivity contribution is 0.0139. The van der Waals surface area contributed by atoms with Gasteiger partial charge in [0.05, 0.1) is 6.04 Å². The van der Waals surface area contributed by atoms with Crippen molar-refractivity contribution in [3.8, 4) is 0 Å². The molecule has 0 radical (unpaired) electrons. The van der Waals surface area contributed by atoms with Gasteiger partial charge in [-0.15, -0.1) is 0 Å². The molecule has 0 saturated heterocycles. The van der Waals surface area contributed by atoms with E-state index in [1.54, 1.807) is 17.0 Å². The molecule has 27 heavy (non-hydrogen) atoms. The van der Waals surface area contributed by atoms with Gasteiger partial charge in [0.15, 0.2) is 0 Å². The SMILES string of the molecule is CC(C)(C)OC(=O)N(CCc1ccccc1)C1CC1(O)c1cccc(N)c1. The van der Waals surface area contributed by atoms with Gasteiger partial charge in [0, 0.05) is 18.7 Å². The number of hydrogen-bond donors (Lipinski definition) is 2. The number of nitrogens with two attached hydrogens (primary N) is 1. The van der Waals surface area contributed by atoms with Crippen LogP contribution in [0, 0.1) is 0 Å². The zero-order valence-corrected chi connectivity index (χ0v) is 16.2. The first-order valence-electron chi connectivity index (χ1n) is 9.31. The lowest BCUT2D eigenvalue weighted by Crippen LogP contribution is -2.42. The van der Waals surface area contributed by atoms with Gasteiger partial charge in [0.2, 0.25) is 0 Å². The van der Waals surface area contributed by atoms with Crippen molar-refractivity contribution in [3.63, 3.8) is 0 Å². The Morgan fingerprint density at radius 3 is 2.56 bits per heavy atom. The molecule has 1 saturated carbocycles. The first-order valence-corrected chi connectivity index (χ1v) is 9.31. The number of anilines is 1. The largest absolute Gasteiger partial charge is 0.444 e. The molecule has 0 spiro atoms. The number of benzene rings is 2. The number of aliphatic hydroxyl groups is 1. The van der Waals surface area contributed by atoms with E-state index in [0.29, 0.717) is 25.1 Å². The molecule has 2 aromatic carbocycles. The highest BCUT2D eigenvalue weighted by Crippen LogP contribution is 2.49. The Morgan fingerprint density at radius 2 is 1.93 bits per heavy atom. The van der Waals surface area contributed by atoms with E-state index in [0.717, 1.165) is 11.1 Å². The molecule has 2 atom stereocenters. The van der Waals surface area contributed by atoms with Gasteiger partial charge >= 0.3 is 6.09 Å². The predicted octanol–water partition coefficient (Wildman–Crippen LogP) is 3.71. The van der Waals surface area contributed by atoms with Gasteiger partial charge in [-0.05, 0) is 50.5 Å². The number of rotatable bonds is 5. The summed E-state index contributed by atoms with van der Waals surface area (Å²) >= 11 is 0. The molecule has 144 valence electrons. The minimum atomic E-state index is -1.08. The minimum absolute atomic E-state index is 0.321. The molecule has 1 amide bonds. The molecule has 5 heteroatoms. The van der Waals surface area contributed by atoms with Crippen molar-refractivity contribution in [3.05, 3.63) is 65.7 Å². The fraction of sp³-hybridized carbons (Fsp3) is 0.409. The average Bonchev–Trinajstić information content (AvgIpc) is 3.27. The highest BCUT2D eigenvalue weighted by Gasteiger charge is 2.59. The Bertz CT molecular complexity index is 801. The van der Waals surface area contributed by atoms with Crippen LogP contribution >= 0.6 is 0 Å². The highest BCUT2D eigenvalue weighted by atomic mass is 16.6. The zero-order valence-electron chi connectivity index (χ0n) is 16.2. The van der Waals surface area contributed by atoms with Gasteiger partial charge in [0.1, 0.15) is 11.2 Å². The van der Waals surface area contributed by atoms with E-state index in [-0.39, 0.29) is 6.04 Å². The monoisotopic (exact) mass is 368 g/mol. The fourth-order valence-electron chi connectivity index (χ4n) is 3.31. The lowest BCUT2D eigenvalue weighted by atomic mass is 10.1. The highest BCUT2D eigenvalue weighted by molar-refractivity contribution is 5.70. The molecule has 0 aliphatic heterocycles. The zero-order chi connectivity index (χ0) is 19.7. The summed E-state index contributed by atoms with van der Waals surface area (Å²) in [6, 6.07) is 16.9. The van der Waals surface area contributed by atoms with E-state index < -0.39 is 17.3 Å². The van der Waals surface area contributed by atoms with E-state index in [9.17, 15) is 9.90 Å². The summed E-state index contributed by atoms with van der Waals surface area (Å²) in [5.41, 5.74) is 6.67. The third-order valence-corrected chi connectivity index (χ3v) is 4.77. The second-order valence-electron chi connectivity index (χ2n) is 8.18. The first kappa shape index (κ1) is 19.2. The van der Waals surface area contributed by atoms with Gasteiger partial charge in [-0.3, -0.25) is 0 Å². The van der Waals surface area contributed by atoms with Crippen LogP contribution in [0.2, 0.25) is 0 Å². The van der Waals surface area contributed by atoms with Crippen LogP contribution in [0.3, 0.4) is 0 Å². The summed E-state index contributed by atoms with van der Waals surface area (Å²) < 4.78 is 5.59. The van der Waals surface area contributed by atoms with Gasteiger partial charge < -0.3 is 20.5 Å². The second-order valence-corrected chi connectivity index (χ2v) is 8.18. The molecule has 1 fully saturated rings. The van der Waals surface area contributed by atoms with E-state index in [2.05, 4.69) is 0 Å².